The molecule has 0 aromatic carbocycles. The molecule has 0 radical (unpaired) electrons. The van der Waals surface area contributed by atoms with Gasteiger partial charge in [0.2, 0.25) is 0 Å². The Bertz CT molecular complexity index is 595. The van der Waals surface area contributed by atoms with Gasteiger partial charge in [0, 0.05) is 11.8 Å². The van der Waals surface area contributed by atoms with Gasteiger partial charge in [-0.3, -0.25) is 4.68 Å². The predicted octanol–water partition coefficient (Wildman–Crippen LogP) is 2.85. The van der Waals surface area contributed by atoms with E-state index in [1.54, 1.807) is 24.0 Å². The molecule has 0 N–H and O–H groups in total. The maximum atomic E-state index is 14.3. The minimum absolute atomic E-state index is 0.463. The Hall–Kier alpha value is -1.58. The first-order valence-corrected chi connectivity index (χ1v) is 6.90. The molecule has 0 aliphatic carbocycles. The van der Waals surface area contributed by atoms with E-state index in [0.29, 0.717) is 12.1 Å². The number of hydrogen-bond donors (Lipinski definition) is 0. The van der Waals surface area contributed by atoms with Gasteiger partial charge in [0.15, 0.2) is 0 Å². The third-order valence-corrected chi connectivity index (χ3v) is 3.85. The Morgan fingerprint density at radius 1 is 1.38 bits per heavy atom. The van der Waals surface area contributed by atoms with Crippen molar-refractivity contribution >= 4 is 13.2 Å². The normalized spacial score (nSPS) is 20.3. The Morgan fingerprint density at radius 2 is 2.00 bits per heavy atom. The predicted molar refractivity (Wildman–Crippen MR) is 80.8 cm³/mol. The van der Waals surface area contributed by atoms with Gasteiger partial charge in [0.05, 0.1) is 17.4 Å². The van der Waals surface area contributed by atoms with Gasteiger partial charge in [0.25, 0.3) is 0 Å². The molecule has 0 amide bonds. The Balaban J connectivity index is 2.11. The van der Waals surface area contributed by atoms with Crippen molar-refractivity contribution < 1.29 is 13.7 Å². The summed E-state index contributed by atoms with van der Waals surface area (Å²) in [4.78, 5) is 0. The summed E-state index contributed by atoms with van der Waals surface area (Å²) in [6, 6.07) is 0. The number of halogens is 1. The molecule has 1 saturated heterocycles. The lowest BCUT2D eigenvalue weighted by Gasteiger charge is -2.32. The van der Waals surface area contributed by atoms with Crippen molar-refractivity contribution in [2.75, 3.05) is 0 Å². The van der Waals surface area contributed by atoms with Crippen LogP contribution in [-0.2, 0) is 15.9 Å². The van der Waals surface area contributed by atoms with Crippen molar-refractivity contribution in [3.05, 3.63) is 23.7 Å². The molecular formula is C15H20BFN2O2. The standard InChI is InChI=1S/C15H20BFN2O2/c1-6-7-8-19-11-12(10-18-19)9-13(17)16-20-14(2,3)15(4,5)21-16/h9-11H,8H2,1-5H3. The van der Waals surface area contributed by atoms with E-state index in [2.05, 4.69) is 16.9 Å². The van der Waals surface area contributed by atoms with Crippen LogP contribution >= 0.6 is 0 Å². The topological polar surface area (TPSA) is 36.3 Å². The van der Waals surface area contributed by atoms with Crippen LogP contribution in [-0.4, -0.2) is 28.1 Å². The van der Waals surface area contributed by atoms with Gasteiger partial charge in [-0.25, -0.2) is 4.39 Å². The van der Waals surface area contributed by atoms with Crippen LogP contribution in [0, 0.1) is 11.8 Å². The van der Waals surface area contributed by atoms with Crippen molar-refractivity contribution in [1.82, 2.24) is 9.78 Å². The SMILES string of the molecule is CC#CCn1cc(C=C(F)B2OC(C)(C)C(C)(C)O2)cn1. The van der Waals surface area contributed by atoms with Crippen LogP contribution in [0.5, 0.6) is 0 Å². The molecule has 2 rings (SSSR count). The number of rotatable bonds is 3. The van der Waals surface area contributed by atoms with E-state index in [4.69, 9.17) is 9.31 Å². The molecule has 112 valence electrons. The van der Waals surface area contributed by atoms with Gasteiger partial charge in [0.1, 0.15) is 12.3 Å². The summed E-state index contributed by atoms with van der Waals surface area (Å²) in [5.41, 5.74) is -0.914. The van der Waals surface area contributed by atoms with E-state index >= 15 is 0 Å². The van der Waals surface area contributed by atoms with Gasteiger partial charge < -0.3 is 9.31 Å². The first kappa shape index (κ1) is 15.8. The highest BCUT2D eigenvalue weighted by atomic mass is 19.1. The van der Waals surface area contributed by atoms with Crippen LogP contribution in [0.25, 0.3) is 6.08 Å². The van der Waals surface area contributed by atoms with Gasteiger partial charge in [-0.15, -0.1) is 5.92 Å². The van der Waals surface area contributed by atoms with Crippen molar-refractivity contribution in [2.24, 2.45) is 0 Å². The zero-order valence-corrected chi connectivity index (χ0v) is 13.1. The summed E-state index contributed by atoms with van der Waals surface area (Å²) in [5, 5.41) is 4.11. The highest BCUT2D eigenvalue weighted by molar-refractivity contribution is 6.54. The molecule has 0 bridgehead atoms. The maximum Gasteiger partial charge on any atom is 0.525 e. The molecule has 2 heterocycles. The fourth-order valence-electron chi connectivity index (χ4n) is 1.88. The average Bonchev–Trinajstić information content (AvgIpc) is 2.90. The van der Waals surface area contributed by atoms with Crippen molar-refractivity contribution in [3.63, 3.8) is 0 Å². The second-order valence-corrected chi connectivity index (χ2v) is 6.02. The highest BCUT2D eigenvalue weighted by Crippen LogP contribution is 2.38. The van der Waals surface area contributed by atoms with Crippen LogP contribution < -0.4 is 0 Å². The Morgan fingerprint density at radius 3 is 2.57 bits per heavy atom. The highest BCUT2D eigenvalue weighted by Gasteiger charge is 2.53. The van der Waals surface area contributed by atoms with Crippen LogP contribution in [0.4, 0.5) is 4.39 Å². The third kappa shape index (κ3) is 3.37. The molecule has 0 spiro atoms. The summed E-state index contributed by atoms with van der Waals surface area (Å²) in [6.45, 7) is 9.82. The van der Waals surface area contributed by atoms with E-state index in [1.807, 2.05) is 27.7 Å². The molecule has 0 atom stereocenters. The number of aromatic nitrogens is 2. The minimum Gasteiger partial charge on any atom is -0.398 e. The van der Waals surface area contributed by atoms with E-state index in [0.717, 1.165) is 0 Å². The average molecular weight is 290 g/mol. The molecule has 4 nitrogen and oxygen atoms in total. The quantitative estimate of drug-likeness (QED) is 0.634. The molecule has 0 unspecified atom stereocenters. The van der Waals surface area contributed by atoms with Crippen LogP contribution in [0.15, 0.2) is 18.1 Å². The second-order valence-electron chi connectivity index (χ2n) is 6.02. The molecule has 1 fully saturated rings. The molecule has 1 aromatic rings. The smallest absolute Gasteiger partial charge is 0.398 e. The monoisotopic (exact) mass is 290 g/mol. The first-order chi connectivity index (χ1) is 9.75. The lowest BCUT2D eigenvalue weighted by Crippen LogP contribution is -2.41. The van der Waals surface area contributed by atoms with Crippen LogP contribution in [0.2, 0.25) is 0 Å². The summed E-state index contributed by atoms with van der Waals surface area (Å²) < 4.78 is 27.2. The van der Waals surface area contributed by atoms with Crippen molar-refractivity contribution in [2.45, 2.75) is 52.4 Å². The molecule has 1 aliphatic rings. The molecule has 0 saturated carbocycles. The van der Waals surface area contributed by atoms with Crippen molar-refractivity contribution in [1.29, 1.82) is 0 Å². The lowest BCUT2D eigenvalue weighted by atomic mass is 9.87. The van der Waals surface area contributed by atoms with E-state index < -0.39 is 24.0 Å². The van der Waals surface area contributed by atoms with Gasteiger partial charge >= 0.3 is 7.12 Å². The first-order valence-electron chi connectivity index (χ1n) is 6.90. The van der Waals surface area contributed by atoms with E-state index in [1.165, 1.54) is 6.08 Å². The minimum atomic E-state index is -0.978. The summed E-state index contributed by atoms with van der Waals surface area (Å²) in [5.74, 6) is 5.68. The van der Waals surface area contributed by atoms with Crippen molar-refractivity contribution in [3.8, 4) is 11.8 Å². The third-order valence-electron chi connectivity index (χ3n) is 3.85. The van der Waals surface area contributed by atoms with E-state index in [-0.39, 0.29) is 0 Å². The molecule has 6 heteroatoms. The zero-order valence-electron chi connectivity index (χ0n) is 13.1. The largest absolute Gasteiger partial charge is 0.525 e. The fourth-order valence-corrected chi connectivity index (χ4v) is 1.88. The summed E-state index contributed by atoms with van der Waals surface area (Å²) >= 11 is 0. The summed E-state index contributed by atoms with van der Waals surface area (Å²) in [6.07, 6.45) is 4.70. The number of hydrogen-bond acceptors (Lipinski definition) is 3. The Kier molecular flexibility index (Phi) is 4.26. The molecule has 21 heavy (non-hydrogen) atoms. The van der Waals surface area contributed by atoms with E-state index in [9.17, 15) is 4.39 Å². The van der Waals surface area contributed by atoms with Gasteiger partial charge in [-0.2, -0.15) is 5.10 Å². The molecule has 1 aliphatic heterocycles. The fraction of sp³-hybridized carbons (Fsp3) is 0.533. The second kappa shape index (κ2) is 5.66. The zero-order chi connectivity index (χ0) is 15.7. The summed E-state index contributed by atoms with van der Waals surface area (Å²) in [7, 11) is -0.978. The number of nitrogens with zero attached hydrogens (tertiary/aromatic N) is 2. The van der Waals surface area contributed by atoms with Crippen LogP contribution in [0.3, 0.4) is 0 Å². The molecule has 1 aromatic heterocycles. The maximum absolute atomic E-state index is 14.3. The molecular weight excluding hydrogens is 270 g/mol. The van der Waals surface area contributed by atoms with Crippen LogP contribution in [0.1, 0.15) is 40.2 Å². The van der Waals surface area contributed by atoms with Gasteiger partial charge in [-0.1, -0.05) is 5.92 Å². The Labute approximate surface area is 125 Å². The van der Waals surface area contributed by atoms with Gasteiger partial charge in [-0.05, 0) is 40.7 Å². The lowest BCUT2D eigenvalue weighted by molar-refractivity contribution is 0.00578.